The second-order valence-corrected chi connectivity index (χ2v) is 4.97. The van der Waals surface area contributed by atoms with Gasteiger partial charge in [-0.05, 0) is 19.1 Å². The predicted molar refractivity (Wildman–Crippen MR) is 71.4 cm³/mol. The molecule has 1 aromatic carbocycles. The van der Waals surface area contributed by atoms with Gasteiger partial charge >= 0.3 is 0 Å². The van der Waals surface area contributed by atoms with E-state index >= 15 is 0 Å². The Bertz CT molecular complexity index is 689. The van der Waals surface area contributed by atoms with Crippen molar-refractivity contribution in [1.82, 2.24) is 19.9 Å². The van der Waals surface area contributed by atoms with Crippen LogP contribution in [0.5, 0.6) is 0 Å². The van der Waals surface area contributed by atoms with Crippen LogP contribution in [0.4, 0.5) is 5.95 Å². The monoisotopic (exact) mass is 257 g/mol. The van der Waals surface area contributed by atoms with E-state index in [1.54, 1.807) is 18.1 Å². The third kappa shape index (κ3) is 2.02. The lowest BCUT2D eigenvalue weighted by Crippen LogP contribution is -1.96. The van der Waals surface area contributed by atoms with Gasteiger partial charge in [-0.15, -0.1) is 0 Å². The number of imidazole rings is 1. The standard InChI is InChI=1S/C12H11N5S/c1-7-2-4-8(5-3-7)18-11-9-10(15-6-14-9)16-12(13)17-11/h2-6H,1H3,(H3,13,14,15,16,17). The topological polar surface area (TPSA) is 80.5 Å². The summed E-state index contributed by atoms with van der Waals surface area (Å²) in [6.45, 7) is 2.06. The van der Waals surface area contributed by atoms with Gasteiger partial charge in [0.2, 0.25) is 5.95 Å². The molecular formula is C12H11N5S. The number of hydrogen-bond acceptors (Lipinski definition) is 5. The largest absolute Gasteiger partial charge is 0.368 e. The molecule has 0 radical (unpaired) electrons. The smallest absolute Gasteiger partial charge is 0.223 e. The van der Waals surface area contributed by atoms with Crippen molar-refractivity contribution in [3.8, 4) is 0 Å². The SMILES string of the molecule is Cc1ccc(Sc2nc(N)nc3nc[nH]c23)cc1. The van der Waals surface area contributed by atoms with E-state index < -0.39 is 0 Å². The van der Waals surface area contributed by atoms with Gasteiger partial charge in [-0.1, -0.05) is 29.5 Å². The van der Waals surface area contributed by atoms with Crippen LogP contribution in [0, 0.1) is 6.92 Å². The summed E-state index contributed by atoms with van der Waals surface area (Å²) in [7, 11) is 0. The van der Waals surface area contributed by atoms with E-state index in [1.807, 2.05) is 0 Å². The van der Waals surface area contributed by atoms with Gasteiger partial charge in [-0.2, -0.15) is 4.98 Å². The first-order chi connectivity index (χ1) is 8.72. The summed E-state index contributed by atoms with van der Waals surface area (Å²) < 4.78 is 0. The van der Waals surface area contributed by atoms with Crippen molar-refractivity contribution in [2.75, 3.05) is 5.73 Å². The number of rotatable bonds is 2. The molecule has 3 rings (SSSR count). The molecule has 0 bridgehead atoms. The lowest BCUT2D eigenvalue weighted by molar-refractivity contribution is 1.10. The van der Waals surface area contributed by atoms with Crippen LogP contribution >= 0.6 is 11.8 Å². The first-order valence-corrected chi connectivity index (χ1v) is 6.25. The summed E-state index contributed by atoms with van der Waals surface area (Å²) in [6, 6.07) is 8.25. The molecule has 0 aliphatic rings. The number of anilines is 1. The average molecular weight is 257 g/mol. The highest BCUT2D eigenvalue weighted by molar-refractivity contribution is 7.99. The molecule has 90 valence electrons. The molecule has 2 aromatic heterocycles. The molecule has 0 spiro atoms. The van der Waals surface area contributed by atoms with Gasteiger partial charge in [0.15, 0.2) is 5.65 Å². The number of nitrogens with one attached hydrogen (secondary N) is 1. The molecule has 0 aliphatic carbocycles. The Labute approximate surface area is 108 Å². The lowest BCUT2D eigenvalue weighted by atomic mass is 10.2. The minimum Gasteiger partial charge on any atom is -0.368 e. The molecule has 3 aromatic rings. The van der Waals surface area contributed by atoms with Crippen molar-refractivity contribution < 1.29 is 0 Å². The fourth-order valence-corrected chi connectivity index (χ4v) is 2.50. The van der Waals surface area contributed by atoms with E-state index in [0.717, 1.165) is 15.4 Å². The summed E-state index contributed by atoms with van der Waals surface area (Å²) in [5, 5.41) is 0.791. The summed E-state index contributed by atoms with van der Waals surface area (Å²) in [4.78, 5) is 16.5. The van der Waals surface area contributed by atoms with Gasteiger partial charge in [0.1, 0.15) is 10.5 Å². The zero-order valence-corrected chi connectivity index (χ0v) is 10.5. The van der Waals surface area contributed by atoms with Gasteiger partial charge in [0.25, 0.3) is 0 Å². The van der Waals surface area contributed by atoms with Crippen molar-refractivity contribution in [1.29, 1.82) is 0 Å². The van der Waals surface area contributed by atoms with E-state index in [2.05, 4.69) is 51.1 Å². The van der Waals surface area contributed by atoms with E-state index in [1.165, 1.54) is 5.56 Å². The zero-order valence-electron chi connectivity index (χ0n) is 9.71. The normalized spacial score (nSPS) is 10.9. The molecule has 0 amide bonds. The maximum absolute atomic E-state index is 5.67. The van der Waals surface area contributed by atoms with Gasteiger partial charge < -0.3 is 10.7 Å². The van der Waals surface area contributed by atoms with E-state index in [-0.39, 0.29) is 5.95 Å². The minimum absolute atomic E-state index is 0.240. The molecule has 6 heteroatoms. The number of H-pyrrole nitrogens is 1. The molecule has 0 saturated carbocycles. The molecule has 0 atom stereocenters. The number of fused-ring (bicyclic) bond motifs is 1. The summed E-state index contributed by atoms with van der Waals surface area (Å²) >= 11 is 1.54. The average Bonchev–Trinajstić information content (AvgIpc) is 2.80. The molecule has 0 aliphatic heterocycles. The maximum atomic E-state index is 5.67. The molecule has 0 fully saturated rings. The number of aryl methyl sites for hydroxylation is 1. The van der Waals surface area contributed by atoms with Crippen LogP contribution in [0.1, 0.15) is 5.56 Å². The Kier molecular flexibility index (Phi) is 2.64. The molecular weight excluding hydrogens is 246 g/mol. The quantitative estimate of drug-likeness (QED) is 0.689. The number of benzene rings is 1. The van der Waals surface area contributed by atoms with Crippen LogP contribution in [-0.4, -0.2) is 19.9 Å². The Morgan fingerprint density at radius 3 is 2.72 bits per heavy atom. The van der Waals surface area contributed by atoms with Crippen LogP contribution in [0.3, 0.4) is 0 Å². The minimum atomic E-state index is 0.240. The van der Waals surface area contributed by atoms with E-state index in [4.69, 9.17) is 5.73 Å². The second-order valence-electron chi connectivity index (χ2n) is 3.90. The molecule has 5 nitrogen and oxygen atoms in total. The van der Waals surface area contributed by atoms with Crippen LogP contribution in [0.2, 0.25) is 0 Å². The first-order valence-electron chi connectivity index (χ1n) is 5.43. The third-order valence-electron chi connectivity index (χ3n) is 2.51. The summed E-state index contributed by atoms with van der Waals surface area (Å²) in [6.07, 6.45) is 1.60. The first kappa shape index (κ1) is 11.0. The molecule has 0 unspecified atom stereocenters. The second kappa shape index (κ2) is 4.30. The molecule has 2 heterocycles. The molecule has 18 heavy (non-hydrogen) atoms. The Morgan fingerprint density at radius 2 is 1.94 bits per heavy atom. The summed E-state index contributed by atoms with van der Waals surface area (Å²) in [5.74, 6) is 0.240. The van der Waals surface area contributed by atoms with E-state index in [0.29, 0.717) is 5.65 Å². The Hall–Kier alpha value is -2.08. The van der Waals surface area contributed by atoms with Crippen LogP contribution in [-0.2, 0) is 0 Å². The highest BCUT2D eigenvalue weighted by Gasteiger charge is 2.09. The highest BCUT2D eigenvalue weighted by Crippen LogP contribution is 2.30. The molecule has 0 saturated heterocycles. The number of nitrogens with zero attached hydrogens (tertiary/aromatic N) is 3. The third-order valence-corrected chi connectivity index (χ3v) is 3.50. The van der Waals surface area contributed by atoms with Gasteiger partial charge in [-0.3, -0.25) is 0 Å². The summed E-state index contributed by atoms with van der Waals surface area (Å²) in [5.41, 5.74) is 8.31. The van der Waals surface area contributed by atoms with Crippen molar-refractivity contribution in [2.45, 2.75) is 16.8 Å². The molecule has 3 N–H and O–H groups in total. The number of nitrogens with two attached hydrogens (primary N) is 1. The number of aromatic nitrogens is 4. The van der Waals surface area contributed by atoms with Crippen LogP contribution < -0.4 is 5.73 Å². The Morgan fingerprint density at radius 1 is 1.17 bits per heavy atom. The fourth-order valence-electron chi connectivity index (χ4n) is 1.61. The fraction of sp³-hybridized carbons (Fsp3) is 0.0833. The van der Waals surface area contributed by atoms with Crippen molar-refractivity contribution in [3.63, 3.8) is 0 Å². The number of nitrogen functional groups attached to an aromatic ring is 1. The van der Waals surface area contributed by atoms with Gasteiger partial charge in [0.05, 0.1) is 6.33 Å². The van der Waals surface area contributed by atoms with Crippen molar-refractivity contribution in [3.05, 3.63) is 36.2 Å². The van der Waals surface area contributed by atoms with Crippen LogP contribution in [0.25, 0.3) is 11.2 Å². The van der Waals surface area contributed by atoms with Gasteiger partial charge in [-0.25, -0.2) is 9.97 Å². The van der Waals surface area contributed by atoms with Gasteiger partial charge in [0, 0.05) is 4.90 Å². The number of aromatic amines is 1. The lowest BCUT2D eigenvalue weighted by Gasteiger charge is -2.03. The zero-order chi connectivity index (χ0) is 12.5. The van der Waals surface area contributed by atoms with Crippen LogP contribution in [0.15, 0.2) is 40.5 Å². The maximum Gasteiger partial charge on any atom is 0.223 e. The van der Waals surface area contributed by atoms with E-state index in [9.17, 15) is 0 Å². The predicted octanol–water partition coefficient (Wildman–Crippen LogP) is 2.39. The van der Waals surface area contributed by atoms with Crippen molar-refractivity contribution >= 4 is 28.9 Å². The number of hydrogen-bond donors (Lipinski definition) is 2. The highest BCUT2D eigenvalue weighted by atomic mass is 32.2. The van der Waals surface area contributed by atoms with Crippen molar-refractivity contribution in [2.24, 2.45) is 0 Å². The Balaban J connectivity index is 2.03.